The zero-order valence-electron chi connectivity index (χ0n) is 14.3. The molecule has 124 valence electrons. The number of hydrogen-bond acceptors (Lipinski definition) is 3. The molecule has 3 rings (SSSR count). The molecular formula is C20H21NO3. The molecule has 2 aromatic carbocycles. The number of Topliss-reactive ketones (excluding diaryl/α,β-unsaturated/α-hetero) is 1. The molecule has 2 aromatic rings. The quantitative estimate of drug-likeness (QED) is 0.624. The molecule has 4 heteroatoms. The summed E-state index contributed by atoms with van der Waals surface area (Å²) in [5.74, 6) is 0.0457. The van der Waals surface area contributed by atoms with Crippen LogP contribution in [0.3, 0.4) is 0 Å². The van der Waals surface area contributed by atoms with Gasteiger partial charge in [0.1, 0.15) is 5.75 Å². The number of anilines is 1. The van der Waals surface area contributed by atoms with E-state index in [0.717, 1.165) is 22.4 Å². The number of para-hydroxylation sites is 1. The first-order valence-electron chi connectivity index (χ1n) is 8.15. The molecule has 24 heavy (non-hydrogen) atoms. The number of benzene rings is 2. The molecule has 0 bridgehead atoms. The van der Waals surface area contributed by atoms with Gasteiger partial charge in [-0.15, -0.1) is 0 Å². The van der Waals surface area contributed by atoms with E-state index in [1.54, 1.807) is 11.0 Å². The van der Waals surface area contributed by atoms with Crippen LogP contribution < -0.4 is 9.64 Å². The van der Waals surface area contributed by atoms with Crippen molar-refractivity contribution in [3.8, 4) is 5.75 Å². The molecule has 1 amide bonds. The molecule has 0 saturated heterocycles. The number of carbonyl (C=O) groups excluding carboxylic acids is 2. The number of ketones is 1. The molecule has 0 saturated carbocycles. The number of ether oxygens (including phenoxy) is 1. The van der Waals surface area contributed by atoms with Gasteiger partial charge in [-0.05, 0) is 50.5 Å². The van der Waals surface area contributed by atoms with Crippen molar-refractivity contribution in [2.45, 2.75) is 27.2 Å². The van der Waals surface area contributed by atoms with Gasteiger partial charge in [-0.1, -0.05) is 29.8 Å². The first-order chi connectivity index (χ1) is 11.5. The van der Waals surface area contributed by atoms with E-state index in [-0.39, 0.29) is 0 Å². The van der Waals surface area contributed by atoms with Gasteiger partial charge in [0.2, 0.25) is 0 Å². The lowest BCUT2D eigenvalue weighted by molar-refractivity contribution is -0.114. The molecule has 0 unspecified atom stereocenters. The van der Waals surface area contributed by atoms with Crippen molar-refractivity contribution < 1.29 is 14.3 Å². The topological polar surface area (TPSA) is 46.6 Å². The van der Waals surface area contributed by atoms with Gasteiger partial charge in [0.05, 0.1) is 17.9 Å². The molecular weight excluding hydrogens is 302 g/mol. The molecule has 1 aliphatic heterocycles. The summed E-state index contributed by atoms with van der Waals surface area (Å²) in [7, 11) is 0. The molecule has 4 nitrogen and oxygen atoms in total. The standard InChI is InChI=1S/C20H21NO3/c1-13-8-9-17-16(12-13)18(22)20(23)21(17)10-5-11-24-19-14(2)6-4-7-15(19)3/h4,6-9,12H,5,10-11H2,1-3H3. The van der Waals surface area contributed by atoms with Crippen LogP contribution in [0.25, 0.3) is 0 Å². The van der Waals surface area contributed by atoms with Crippen molar-refractivity contribution in [3.63, 3.8) is 0 Å². The van der Waals surface area contributed by atoms with Crippen molar-refractivity contribution in [1.82, 2.24) is 0 Å². The van der Waals surface area contributed by atoms with E-state index < -0.39 is 11.7 Å². The highest BCUT2D eigenvalue weighted by Crippen LogP contribution is 2.30. The average molecular weight is 323 g/mol. The highest BCUT2D eigenvalue weighted by atomic mass is 16.5. The highest BCUT2D eigenvalue weighted by Gasteiger charge is 2.35. The number of aryl methyl sites for hydroxylation is 3. The third-order valence-corrected chi connectivity index (χ3v) is 4.31. The van der Waals surface area contributed by atoms with Gasteiger partial charge in [0.25, 0.3) is 11.7 Å². The molecule has 0 aliphatic carbocycles. The minimum absolute atomic E-state index is 0.413. The predicted octanol–water partition coefficient (Wildman–Crippen LogP) is 3.61. The molecule has 0 aromatic heterocycles. The Morgan fingerprint density at radius 2 is 1.71 bits per heavy atom. The summed E-state index contributed by atoms with van der Waals surface area (Å²) < 4.78 is 5.87. The maximum absolute atomic E-state index is 12.2. The van der Waals surface area contributed by atoms with Crippen LogP contribution in [0.1, 0.15) is 33.5 Å². The lowest BCUT2D eigenvalue weighted by Gasteiger charge is -2.17. The first-order valence-corrected chi connectivity index (χ1v) is 8.15. The van der Waals surface area contributed by atoms with Crippen molar-refractivity contribution in [2.75, 3.05) is 18.1 Å². The van der Waals surface area contributed by atoms with Gasteiger partial charge in [0, 0.05) is 6.54 Å². The van der Waals surface area contributed by atoms with Crippen molar-refractivity contribution in [2.24, 2.45) is 0 Å². The summed E-state index contributed by atoms with van der Waals surface area (Å²) in [5.41, 5.74) is 4.40. The Morgan fingerprint density at radius 3 is 2.42 bits per heavy atom. The Morgan fingerprint density at radius 1 is 1.00 bits per heavy atom. The van der Waals surface area contributed by atoms with Crippen LogP contribution in [0.15, 0.2) is 36.4 Å². The molecule has 0 fully saturated rings. The lowest BCUT2D eigenvalue weighted by Crippen LogP contribution is -2.31. The predicted molar refractivity (Wildman–Crippen MR) is 93.9 cm³/mol. The number of rotatable bonds is 5. The van der Waals surface area contributed by atoms with E-state index in [0.29, 0.717) is 30.8 Å². The van der Waals surface area contributed by atoms with E-state index in [9.17, 15) is 9.59 Å². The van der Waals surface area contributed by atoms with Crippen LogP contribution in [-0.2, 0) is 4.79 Å². The van der Waals surface area contributed by atoms with Gasteiger partial charge >= 0.3 is 0 Å². The molecule has 0 spiro atoms. The summed E-state index contributed by atoms with van der Waals surface area (Å²) in [4.78, 5) is 25.8. The fourth-order valence-corrected chi connectivity index (χ4v) is 3.06. The Bertz CT molecular complexity index is 790. The van der Waals surface area contributed by atoms with Crippen LogP contribution in [0.2, 0.25) is 0 Å². The van der Waals surface area contributed by atoms with E-state index >= 15 is 0 Å². The molecule has 0 radical (unpaired) electrons. The average Bonchev–Trinajstić information content (AvgIpc) is 2.78. The zero-order valence-corrected chi connectivity index (χ0v) is 14.3. The Balaban J connectivity index is 1.64. The van der Waals surface area contributed by atoms with E-state index in [1.165, 1.54) is 0 Å². The number of fused-ring (bicyclic) bond motifs is 1. The first kappa shape index (κ1) is 16.2. The van der Waals surface area contributed by atoms with Gasteiger partial charge in [-0.2, -0.15) is 0 Å². The second-order valence-electron chi connectivity index (χ2n) is 6.23. The van der Waals surface area contributed by atoms with Crippen LogP contribution >= 0.6 is 0 Å². The third kappa shape index (κ3) is 2.92. The zero-order chi connectivity index (χ0) is 17.3. The van der Waals surface area contributed by atoms with E-state index in [1.807, 2.05) is 51.1 Å². The Kier molecular flexibility index (Phi) is 4.38. The normalized spacial score (nSPS) is 13.4. The second kappa shape index (κ2) is 6.48. The number of nitrogens with zero attached hydrogens (tertiary/aromatic N) is 1. The van der Waals surface area contributed by atoms with E-state index in [2.05, 4.69) is 0 Å². The SMILES string of the molecule is Cc1ccc2c(c1)C(=O)C(=O)N2CCCOc1c(C)cccc1C. The van der Waals surface area contributed by atoms with Crippen LogP contribution in [-0.4, -0.2) is 24.8 Å². The molecule has 1 heterocycles. The van der Waals surface area contributed by atoms with Gasteiger partial charge in [-0.25, -0.2) is 0 Å². The van der Waals surface area contributed by atoms with Gasteiger partial charge < -0.3 is 9.64 Å². The maximum Gasteiger partial charge on any atom is 0.299 e. The summed E-state index contributed by atoms with van der Waals surface area (Å²) in [6, 6.07) is 11.6. The number of amides is 1. The fraction of sp³-hybridized carbons (Fsp3) is 0.300. The maximum atomic E-state index is 12.2. The Hall–Kier alpha value is -2.62. The minimum Gasteiger partial charge on any atom is -0.493 e. The fourth-order valence-electron chi connectivity index (χ4n) is 3.06. The molecule has 0 atom stereocenters. The summed E-state index contributed by atoms with van der Waals surface area (Å²) in [6.45, 7) is 6.93. The highest BCUT2D eigenvalue weighted by molar-refractivity contribution is 6.52. The summed E-state index contributed by atoms with van der Waals surface area (Å²) >= 11 is 0. The smallest absolute Gasteiger partial charge is 0.299 e. The van der Waals surface area contributed by atoms with Gasteiger partial charge in [0.15, 0.2) is 0 Å². The third-order valence-electron chi connectivity index (χ3n) is 4.31. The number of hydrogen-bond donors (Lipinski definition) is 0. The largest absolute Gasteiger partial charge is 0.493 e. The van der Waals surface area contributed by atoms with Crippen LogP contribution in [0.5, 0.6) is 5.75 Å². The van der Waals surface area contributed by atoms with Crippen molar-refractivity contribution in [1.29, 1.82) is 0 Å². The Labute approximate surface area is 142 Å². The van der Waals surface area contributed by atoms with Gasteiger partial charge in [-0.3, -0.25) is 9.59 Å². The van der Waals surface area contributed by atoms with Crippen molar-refractivity contribution >= 4 is 17.4 Å². The second-order valence-corrected chi connectivity index (χ2v) is 6.23. The monoisotopic (exact) mass is 323 g/mol. The van der Waals surface area contributed by atoms with Crippen LogP contribution in [0.4, 0.5) is 5.69 Å². The molecule has 1 aliphatic rings. The summed E-state index contributed by atoms with van der Waals surface area (Å²) in [6.07, 6.45) is 0.667. The molecule has 0 N–H and O–H groups in total. The van der Waals surface area contributed by atoms with Crippen molar-refractivity contribution in [3.05, 3.63) is 58.7 Å². The lowest BCUT2D eigenvalue weighted by atomic mass is 10.1. The van der Waals surface area contributed by atoms with E-state index in [4.69, 9.17) is 4.74 Å². The van der Waals surface area contributed by atoms with Crippen LogP contribution in [0, 0.1) is 20.8 Å². The minimum atomic E-state index is -0.442. The number of carbonyl (C=O) groups is 2. The summed E-state index contributed by atoms with van der Waals surface area (Å²) in [5, 5.41) is 0.